The van der Waals surface area contributed by atoms with Crippen LogP contribution >= 0.6 is 0 Å². The summed E-state index contributed by atoms with van der Waals surface area (Å²) in [6.07, 6.45) is 8.49. The first-order valence-electron chi connectivity index (χ1n) is 10.3. The van der Waals surface area contributed by atoms with Crippen molar-refractivity contribution in [2.24, 2.45) is 11.8 Å². The molecule has 0 N–H and O–H groups in total. The molecule has 0 amide bonds. The minimum Gasteiger partial charge on any atom is -0.427 e. The minimum atomic E-state index is -0.185. The summed E-state index contributed by atoms with van der Waals surface area (Å²) in [6, 6.07) is 12.7. The van der Waals surface area contributed by atoms with Crippen LogP contribution in [0.4, 0.5) is 0 Å². The lowest BCUT2D eigenvalue weighted by atomic mass is 9.75. The number of hydrogen-bond acceptors (Lipinski definition) is 2. The summed E-state index contributed by atoms with van der Waals surface area (Å²) in [4.78, 5) is 11.5. The molecule has 0 aromatic heterocycles. The number of benzene rings is 2. The van der Waals surface area contributed by atoms with Crippen LogP contribution in [0.2, 0.25) is 0 Å². The first-order valence-corrected chi connectivity index (χ1v) is 10.3. The standard InChI is InChI=1S/C24H32O2/c1-4-17(3)14-18-6-8-19(9-7-18)20-10-11-22-16-23(26-24(25)5-2)13-12-21(22)15-20/h10-13,15-19H,4-9,14H2,1-3H3/t17?,18-,19-. The van der Waals surface area contributed by atoms with E-state index in [1.165, 1.54) is 49.5 Å². The zero-order valence-corrected chi connectivity index (χ0v) is 16.5. The molecule has 2 nitrogen and oxygen atoms in total. The van der Waals surface area contributed by atoms with Crippen molar-refractivity contribution >= 4 is 16.7 Å². The number of rotatable bonds is 6. The van der Waals surface area contributed by atoms with Crippen LogP contribution in [0.25, 0.3) is 10.8 Å². The quantitative estimate of drug-likeness (QED) is 0.419. The summed E-state index contributed by atoms with van der Waals surface area (Å²) < 4.78 is 5.33. The van der Waals surface area contributed by atoms with Gasteiger partial charge in [0.2, 0.25) is 0 Å². The van der Waals surface area contributed by atoms with Crippen molar-refractivity contribution in [3.05, 3.63) is 42.0 Å². The first kappa shape index (κ1) is 18.9. The Morgan fingerprint density at radius 2 is 1.73 bits per heavy atom. The fourth-order valence-electron chi connectivity index (χ4n) is 4.23. The van der Waals surface area contributed by atoms with Gasteiger partial charge in [-0.1, -0.05) is 51.5 Å². The van der Waals surface area contributed by atoms with Crippen molar-refractivity contribution in [3.8, 4) is 5.75 Å². The molecule has 0 bridgehead atoms. The monoisotopic (exact) mass is 352 g/mol. The average Bonchev–Trinajstić information content (AvgIpc) is 2.68. The van der Waals surface area contributed by atoms with E-state index in [-0.39, 0.29) is 5.97 Å². The maximum Gasteiger partial charge on any atom is 0.310 e. The topological polar surface area (TPSA) is 26.3 Å². The number of carbonyl (C=O) groups is 1. The van der Waals surface area contributed by atoms with Crippen LogP contribution in [0.3, 0.4) is 0 Å². The van der Waals surface area contributed by atoms with Gasteiger partial charge in [0, 0.05) is 6.42 Å². The Hall–Kier alpha value is -1.83. The molecule has 140 valence electrons. The highest BCUT2D eigenvalue weighted by Crippen LogP contribution is 2.39. The molecule has 3 rings (SSSR count). The summed E-state index contributed by atoms with van der Waals surface area (Å²) in [5.74, 6) is 2.95. The predicted octanol–water partition coefficient (Wildman–Crippen LogP) is 6.87. The third-order valence-corrected chi connectivity index (χ3v) is 6.11. The van der Waals surface area contributed by atoms with Gasteiger partial charge in [-0.25, -0.2) is 0 Å². The lowest BCUT2D eigenvalue weighted by molar-refractivity contribution is -0.134. The van der Waals surface area contributed by atoms with Crippen LogP contribution in [-0.2, 0) is 4.79 Å². The molecule has 1 unspecified atom stereocenters. The highest BCUT2D eigenvalue weighted by molar-refractivity contribution is 5.85. The van der Waals surface area contributed by atoms with Crippen molar-refractivity contribution in [2.45, 2.75) is 71.6 Å². The van der Waals surface area contributed by atoms with Crippen molar-refractivity contribution in [1.82, 2.24) is 0 Å². The van der Waals surface area contributed by atoms with Gasteiger partial charge >= 0.3 is 5.97 Å². The average molecular weight is 353 g/mol. The molecule has 0 aliphatic heterocycles. The Bertz CT molecular complexity index is 741. The molecule has 0 spiro atoms. The molecule has 1 saturated carbocycles. The molecule has 2 aromatic carbocycles. The number of carbonyl (C=O) groups excluding carboxylic acids is 1. The van der Waals surface area contributed by atoms with E-state index in [9.17, 15) is 4.79 Å². The summed E-state index contributed by atoms with van der Waals surface area (Å²) in [6.45, 7) is 6.51. The van der Waals surface area contributed by atoms with Crippen LogP contribution in [0, 0.1) is 11.8 Å². The van der Waals surface area contributed by atoms with E-state index >= 15 is 0 Å². The molecular formula is C24H32O2. The van der Waals surface area contributed by atoms with Gasteiger partial charge in [-0.2, -0.15) is 0 Å². The van der Waals surface area contributed by atoms with E-state index in [0.717, 1.165) is 17.2 Å². The summed E-state index contributed by atoms with van der Waals surface area (Å²) in [7, 11) is 0. The van der Waals surface area contributed by atoms with E-state index < -0.39 is 0 Å². The molecule has 0 heterocycles. The van der Waals surface area contributed by atoms with Crippen LogP contribution in [0.15, 0.2) is 36.4 Å². The Labute approximate surface area is 157 Å². The summed E-state index contributed by atoms with van der Waals surface area (Å²) >= 11 is 0. The Morgan fingerprint density at radius 1 is 1.04 bits per heavy atom. The van der Waals surface area contributed by atoms with Crippen LogP contribution in [0.5, 0.6) is 5.75 Å². The molecule has 0 radical (unpaired) electrons. The second-order valence-electron chi connectivity index (χ2n) is 8.06. The highest BCUT2D eigenvalue weighted by Gasteiger charge is 2.23. The predicted molar refractivity (Wildman–Crippen MR) is 109 cm³/mol. The summed E-state index contributed by atoms with van der Waals surface area (Å²) in [5, 5.41) is 2.38. The maximum absolute atomic E-state index is 11.5. The van der Waals surface area contributed by atoms with E-state index in [2.05, 4.69) is 38.1 Å². The molecule has 2 aromatic rings. The molecule has 1 fully saturated rings. The fourth-order valence-corrected chi connectivity index (χ4v) is 4.23. The third kappa shape index (κ3) is 4.66. The van der Waals surface area contributed by atoms with E-state index in [1.807, 2.05) is 19.1 Å². The second-order valence-corrected chi connectivity index (χ2v) is 8.06. The van der Waals surface area contributed by atoms with E-state index in [1.54, 1.807) is 0 Å². The van der Waals surface area contributed by atoms with Gasteiger partial charge in [-0.15, -0.1) is 0 Å². The van der Waals surface area contributed by atoms with Gasteiger partial charge in [0.25, 0.3) is 0 Å². The zero-order chi connectivity index (χ0) is 18.5. The maximum atomic E-state index is 11.5. The van der Waals surface area contributed by atoms with E-state index in [0.29, 0.717) is 18.1 Å². The lowest BCUT2D eigenvalue weighted by Crippen LogP contribution is -2.15. The van der Waals surface area contributed by atoms with Gasteiger partial charge in [0.15, 0.2) is 0 Å². The SMILES string of the molecule is CCC(=O)Oc1ccc2cc([C@H]3CC[C@H](CC(C)CC)CC3)ccc2c1. The number of fused-ring (bicyclic) bond motifs is 1. The molecule has 1 aliphatic rings. The smallest absolute Gasteiger partial charge is 0.310 e. The van der Waals surface area contributed by atoms with Crippen molar-refractivity contribution in [3.63, 3.8) is 0 Å². The zero-order valence-electron chi connectivity index (χ0n) is 16.5. The molecular weight excluding hydrogens is 320 g/mol. The van der Waals surface area contributed by atoms with Gasteiger partial charge in [0.1, 0.15) is 5.75 Å². The normalized spacial score (nSPS) is 21.5. The van der Waals surface area contributed by atoms with Crippen molar-refractivity contribution in [1.29, 1.82) is 0 Å². The molecule has 1 aliphatic carbocycles. The Balaban J connectivity index is 1.66. The van der Waals surface area contributed by atoms with Crippen LogP contribution in [-0.4, -0.2) is 5.97 Å². The van der Waals surface area contributed by atoms with E-state index in [4.69, 9.17) is 4.74 Å². The number of ether oxygens (including phenoxy) is 1. The Morgan fingerprint density at radius 3 is 2.42 bits per heavy atom. The minimum absolute atomic E-state index is 0.185. The number of hydrogen-bond donors (Lipinski definition) is 0. The van der Waals surface area contributed by atoms with Crippen LogP contribution < -0.4 is 4.74 Å². The largest absolute Gasteiger partial charge is 0.427 e. The van der Waals surface area contributed by atoms with Crippen molar-refractivity contribution in [2.75, 3.05) is 0 Å². The van der Waals surface area contributed by atoms with Gasteiger partial charge in [0.05, 0.1) is 0 Å². The third-order valence-electron chi connectivity index (χ3n) is 6.11. The lowest BCUT2D eigenvalue weighted by Gasteiger charge is -2.30. The summed E-state index contributed by atoms with van der Waals surface area (Å²) in [5.41, 5.74) is 1.47. The molecule has 1 atom stereocenters. The second kappa shape index (κ2) is 8.70. The van der Waals surface area contributed by atoms with Gasteiger partial charge < -0.3 is 4.74 Å². The number of esters is 1. The molecule has 26 heavy (non-hydrogen) atoms. The molecule has 0 saturated heterocycles. The molecule has 2 heteroatoms. The highest BCUT2D eigenvalue weighted by atomic mass is 16.5. The Kier molecular flexibility index (Phi) is 6.34. The van der Waals surface area contributed by atoms with Crippen molar-refractivity contribution < 1.29 is 9.53 Å². The van der Waals surface area contributed by atoms with Crippen LogP contribution in [0.1, 0.15) is 77.2 Å². The fraction of sp³-hybridized carbons (Fsp3) is 0.542. The van der Waals surface area contributed by atoms with Gasteiger partial charge in [-0.05, 0) is 78.3 Å². The van der Waals surface area contributed by atoms with Gasteiger partial charge in [-0.3, -0.25) is 4.79 Å². The first-order chi connectivity index (χ1) is 12.6.